The van der Waals surface area contributed by atoms with Crippen LogP contribution in [0, 0.1) is 0 Å². The van der Waals surface area contributed by atoms with Crippen molar-refractivity contribution in [1.82, 2.24) is 20.2 Å². The largest absolute Gasteiger partial charge is 0.497 e. The average molecular weight is 388 g/mol. The van der Waals surface area contributed by atoms with Gasteiger partial charge in [0, 0.05) is 15.7 Å². The second kappa shape index (κ2) is 7.22. The predicted molar refractivity (Wildman–Crippen MR) is 92.6 cm³/mol. The molecule has 1 aromatic heterocycles. The number of hydrogen-bond donors (Lipinski definition) is 1. The van der Waals surface area contributed by atoms with Crippen molar-refractivity contribution >= 4 is 27.5 Å². The minimum absolute atomic E-state index is 0.0183. The second-order valence-corrected chi connectivity index (χ2v) is 5.84. The Kier molecular flexibility index (Phi) is 4.85. The number of nitrogens with one attached hydrogen (secondary N) is 1. The number of aromatic nitrogens is 4. The number of methoxy groups -OCH3 is 1. The Morgan fingerprint density at radius 2 is 1.88 bits per heavy atom. The number of benzene rings is 2. The molecule has 1 N–H and O–H groups in total. The van der Waals surface area contributed by atoms with Gasteiger partial charge in [-0.25, -0.2) is 0 Å². The number of ether oxygens (including phenoxy) is 1. The van der Waals surface area contributed by atoms with E-state index >= 15 is 0 Å². The fraction of sp³-hybridized carbons (Fsp3) is 0.125. The maximum absolute atomic E-state index is 12.0. The molecule has 0 aliphatic rings. The van der Waals surface area contributed by atoms with Crippen LogP contribution in [0.25, 0.3) is 11.4 Å². The van der Waals surface area contributed by atoms with Gasteiger partial charge in [-0.2, -0.15) is 4.80 Å². The van der Waals surface area contributed by atoms with Crippen LogP contribution in [0.2, 0.25) is 0 Å². The van der Waals surface area contributed by atoms with Gasteiger partial charge in [0.05, 0.1) is 7.11 Å². The fourth-order valence-corrected chi connectivity index (χ4v) is 2.29. The molecule has 2 aromatic carbocycles. The zero-order valence-corrected chi connectivity index (χ0v) is 14.4. The predicted octanol–water partition coefficient (Wildman–Crippen LogP) is 2.75. The molecule has 3 rings (SSSR count). The first-order valence-corrected chi connectivity index (χ1v) is 7.91. The standard InChI is InChI=1S/C16H14BrN5O2/c1-24-14-8-6-13(7-9-14)18-15(23)10-22-20-16(19-21-22)11-2-4-12(17)5-3-11/h2-9H,10H2,1H3,(H,18,23). The van der Waals surface area contributed by atoms with E-state index in [1.165, 1.54) is 4.80 Å². The Balaban J connectivity index is 1.63. The molecule has 24 heavy (non-hydrogen) atoms. The lowest BCUT2D eigenvalue weighted by molar-refractivity contribution is -0.117. The molecule has 0 unspecified atom stereocenters. The number of halogens is 1. The van der Waals surface area contributed by atoms with Gasteiger partial charge in [0.25, 0.3) is 0 Å². The maximum atomic E-state index is 12.0. The summed E-state index contributed by atoms with van der Waals surface area (Å²) >= 11 is 3.37. The molecule has 0 fully saturated rings. The summed E-state index contributed by atoms with van der Waals surface area (Å²) in [6, 6.07) is 14.6. The molecule has 0 aliphatic heterocycles. The van der Waals surface area contributed by atoms with Crippen LogP contribution >= 0.6 is 15.9 Å². The summed E-state index contributed by atoms with van der Waals surface area (Å²) in [5.41, 5.74) is 1.51. The Hall–Kier alpha value is -2.74. The van der Waals surface area contributed by atoms with Gasteiger partial charge in [-0.1, -0.05) is 15.9 Å². The number of tetrazole rings is 1. The number of amides is 1. The van der Waals surface area contributed by atoms with Crippen LogP contribution in [-0.4, -0.2) is 33.2 Å². The summed E-state index contributed by atoms with van der Waals surface area (Å²) in [4.78, 5) is 13.3. The third-order valence-corrected chi connectivity index (χ3v) is 3.74. The molecule has 0 atom stereocenters. The van der Waals surface area contributed by atoms with Crippen molar-refractivity contribution in [2.24, 2.45) is 0 Å². The number of carbonyl (C=O) groups is 1. The maximum Gasteiger partial charge on any atom is 0.248 e. The van der Waals surface area contributed by atoms with Gasteiger partial charge in [0.2, 0.25) is 11.7 Å². The summed E-state index contributed by atoms with van der Waals surface area (Å²) < 4.78 is 6.04. The molecule has 0 radical (unpaired) electrons. The lowest BCUT2D eigenvalue weighted by Gasteiger charge is -2.05. The van der Waals surface area contributed by atoms with Crippen molar-refractivity contribution < 1.29 is 9.53 Å². The molecule has 8 heteroatoms. The minimum Gasteiger partial charge on any atom is -0.497 e. The highest BCUT2D eigenvalue weighted by molar-refractivity contribution is 9.10. The Morgan fingerprint density at radius 1 is 1.17 bits per heavy atom. The molecule has 3 aromatic rings. The topological polar surface area (TPSA) is 81.9 Å². The Labute approximate surface area is 146 Å². The van der Waals surface area contributed by atoms with E-state index in [-0.39, 0.29) is 12.5 Å². The highest BCUT2D eigenvalue weighted by Gasteiger charge is 2.09. The first-order valence-electron chi connectivity index (χ1n) is 7.12. The Bertz CT molecular complexity index is 830. The van der Waals surface area contributed by atoms with Gasteiger partial charge in [-0.3, -0.25) is 4.79 Å². The van der Waals surface area contributed by atoms with E-state index in [2.05, 4.69) is 36.7 Å². The highest BCUT2D eigenvalue weighted by atomic mass is 79.9. The molecule has 0 spiro atoms. The summed E-state index contributed by atoms with van der Waals surface area (Å²) in [7, 11) is 1.59. The number of rotatable bonds is 5. The van der Waals surface area contributed by atoms with Crippen LogP contribution in [0.15, 0.2) is 53.0 Å². The van der Waals surface area contributed by atoms with E-state index in [1.807, 2.05) is 24.3 Å². The van der Waals surface area contributed by atoms with Crippen molar-refractivity contribution in [3.05, 3.63) is 53.0 Å². The van der Waals surface area contributed by atoms with Crippen molar-refractivity contribution in [1.29, 1.82) is 0 Å². The van der Waals surface area contributed by atoms with E-state index in [0.29, 0.717) is 11.5 Å². The van der Waals surface area contributed by atoms with Crippen LogP contribution < -0.4 is 10.1 Å². The van der Waals surface area contributed by atoms with Gasteiger partial charge in [0.1, 0.15) is 12.3 Å². The molecule has 122 valence electrons. The first kappa shape index (κ1) is 16.1. The molecule has 1 amide bonds. The molecular formula is C16H14BrN5O2. The molecular weight excluding hydrogens is 374 g/mol. The highest BCUT2D eigenvalue weighted by Crippen LogP contribution is 2.17. The quantitative estimate of drug-likeness (QED) is 0.727. The molecule has 1 heterocycles. The van der Waals surface area contributed by atoms with Gasteiger partial charge in [-0.15, -0.1) is 10.2 Å². The van der Waals surface area contributed by atoms with E-state index < -0.39 is 0 Å². The van der Waals surface area contributed by atoms with Crippen LogP contribution in [0.4, 0.5) is 5.69 Å². The monoisotopic (exact) mass is 387 g/mol. The van der Waals surface area contributed by atoms with Gasteiger partial charge in [-0.05, 0) is 53.7 Å². The number of anilines is 1. The SMILES string of the molecule is COc1ccc(NC(=O)Cn2nnc(-c3ccc(Br)cc3)n2)cc1. The van der Waals surface area contributed by atoms with E-state index in [4.69, 9.17) is 4.74 Å². The van der Waals surface area contributed by atoms with E-state index in [1.54, 1.807) is 31.4 Å². The molecule has 7 nitrogen and oxygen atoms in total. The third kappa shape index (κ3) is 3.96. The van der Waals surface area contributed by atoms with Crippen molar-refractivity contribution in [2.75, 3.05) is 12.4 Å². The van der Waals surface area contributed by atoms with Gasteiger partial charge in [0.15, 0.2) is 0 Å². The fourth-order valence-electron chi connectivity index (χ4n) is 2.03. The molecule has 0 aliphatic carbocycles. The van der Waals surface area contributed by atoms with Crippen LogP contribution in [-0.2, 0) is 11.3 Å². The normalized spacial score (nSPS) is 10.4. The zero-order chi connectivity index (χ0) is 16.9. The van der Waals surface area contributed by atoms with Gasteiger partial charge < -0.3 is 10.1 Å². The Morgan fingerprint density at radius 3 is 2.54 bits per heavy atom. The van der Waals surface area contributed by atoms with Crippen molar-refractivity contribution in [3.8, 4) is 17.1 Å². The minimum atomic E-state index is -0.236. The number of carbonyl (C=O) groups excluding carboxylic acids is 1. The summed E-state index contributed by atoms with van der Waals surface area (Å²) in [5.74, 6) is 0.963. The van der Waals surface area contributed by atoms with Crippen LogP contribution in [0.1, 0.15) is 0 Å². The van der Waals surface area contributed by atoms with Gasteiger partial charge >= 0.3 is 0 Å². The second-order valence-electron chi connectivity index (χ2n) is 4.93. The summed E-state index contributed by atoms with van der Waals surface area (Å²) in [6.07, 6.45) is 0. The summed E-state index contributed by atoms with van der Waals surface area (Å²) in [5, 5.41) is 14.9. The first-order chi connectivity index (χ1) is 11.6. The molecule has 0 saturated carbocycles. The van der Waals surface area contributed by atoms with Crippen molar-refractivity contribution in [2.45, 2.75) is 6.54 Å². The van der Waals surface area contributed by atoms with E-state index in [9.17, 15) is 4.79 Å². The third-order valence-electron chi connectivity index (χ3n) is 3.21. The lowest BCUT2D eigenvalue weighted by Crippen LogP contribution is -2.20. The van der Waals surface area contributed by atoms with E-state index in [0.717, 1.165) is 15.8 Å². The number of hydrogen-bond acceptors (Lipinski definition) is 5. The molecule has 0 saturated heterocycles. The smallest absolute Gasteiger partial charge is 0.248 e. The zero-order valence-electron chi connectivity index (χ0n) is 12.8. The summed E-state index contributed by atoms with van der Waals surface area (Å²) in [6.45, 7) is -0.0183. The number of nitrogens with zero attached hydrogens (tertiary/aromatic N) is 4. The van der Waals surface area contributed by atoms with Crippen LogP contribution in [0.5, 0.6) is 5.75 Å². The lowest BCUT2D eigenvalue weighted by atomic mass is 10.2. The van der Waals surface area contributed by atoms with Crippen molar-refractivity contribution in [3.63, 3.8) is 0 Å². The average Bonchev–Trinajstić information content (AvgIpc) is 3.04. The molecule has 0 bridgehead atoms. The van der Waals surface area contributed by atoms with Crippen LogP contribution in [0.3, 0.4) is 0 Å².